The summed E-state index contributed by atoms with van der Waals surface area (Å²) in [6.45, 7) is 7.17. The van der Waals surface area contributed by atoms with Crippen molar-refractivity contribution in [1.29, 1.82) is 0 Å². The van der Waals surface area contributed by atoms with Gasteiger partial charge >= 0.3 is 0 Å². The Labute approximate surface area is 110 Å². The van der Waals surface area contributed by atoms with Crippen LogP contribution in [-0.4, -0.2) is 48.0 Å². The molecule has 18 heavy (non-hydrogen) atoms. The molecular weight excluding hydrogens is 226 g/mol. The molecule has 0 aliphatic carbocycles. The quantitative estimate of drug-likeness (QED) is 0.738. The predicted molar refractivity (Wildman–Crippen MR) is 74.7 cm³/mol. The summed E-state index contributed by atoms with van der Waals surface area (Å²) in [5.74, 6) is 0. The van der Waals surface area contributed by atoms with Gasteiger partial charge in [-0.2, -0.15) is 0 Å². The summed E-state index contributed by atoms with van der Waals surface area (Å²) in [6, 6.07) is 10.4. The maximum absolute atomic E-state index is 9.10. The van der Waals surface area contributed by atoms with Crippen molar-refractivity contribution in [2.75, 3.05) is 32.8 Å². The zero-order chi connectivity index (χ0) is 13.4. The van der Waals surface area contributed by atoms with E-state index in [-0.39, 0.29) is 18.6 Å². The molecule has 3 heteroatoms. The molecule has 3 nitrogen and oxygen atoms in total. The van der Waals surface area contributed by atoms with Gasteiger partial charge in [-0.25, -0.2) is 0 Å². The van der Waals surface area contributed by atoms with Crippen LogP contribution in [0.3, 0.4) is 0 Å². The Hall–Kier alpha value is -0.900. The molecular formula is C15H25NO2. The summed E-state index contributed by atoms with van der Waals surface area (Å²) < 4.78 is 0. The molecule has 0 spiro atoms. The van der Waals surface area contributed by atoms with Gasteiger partial charge in [0.1, 0.15) is 0 Å². The standard InChI is InChI=1S/C15H25NO2/c1-15(2,14-7-4-3-5-8-14)13-16(10-12-18)9-6-11-17/h3-5,7-8,17-18H,6,9-13H2,1-2H3. The molecule has 1 rings (SSSR count). The van der Waals surface area contributed by atoms with Crippen LogP contribution in [0.15, 0.2) is 30.3 Å². The Bertz CT molecular complexity index is 325. The number of hydrogen-bond donors (Lipinski definition) is 2. The predicted octanol–water partition coefficient (Wildman–Crippen LogP) is 1.64. The lowest BCUT2D eigenvalue weighted by molar-refractivity contribution is 0.158. The van der Waals surface area contributed by atoms with Crippen LogP contribution < -0.4 is 0 Å². The fourth-order valence-electron chi connectivity index (χ4n) is 2.25. The number of nitrogens with zero attached hydrogens (tertiary/aromatic N) is 1. The van der Waals surface area contributed by atoms with Crippen LogP contribution >= 0.6 is 0 Å². The van der Waals surface area contributed by atoms with Gasteiger partial charge in [-0.05, 0) is 12.0 Å². The minimum absolute atomic E-state index is 0.0475. The second-order valence-electron chi connectivity index (χ2n) is 5.33. The highest BCUT2D eigenvalue weighted by atomic mass is 16.3. The molecule has 0 atom stereocenters. The molecule has 2 N–H and O–H groups in total. The molecule has 0 amide bonds. The van der Waals surface area contributed by atoms with E-state index in [1.54, 1.807) is 0 Å². The second-order valence-corrected chi connectivity index (χ2v) is 5.33. The molecule has 0 radical (unpaired) electrons. The van der Waals surface area contributed by atoms with Crippen molar-refractivity contribution in [3.8, 4) is 0 Å². The summed E-state index contributed by atoms with van der Waals surface area (Å²) in [6.07, 6.45) is 0.755. The molecule has 0 aliphatic rings. The molecule has 0 fully saturated rings. The van der Waals surface area contributed by atoms with E-state index in [1.165, 1.54) is 5.56 Å². The highest BCUT2D eigenvalue weighted by molar-refractivity contribution is 5.23. The fraction of sp³-hybridized carbons (Fsp3) is 0.600. The van der Waals surface area contributed by atoms with Crippen LogP contribution in [0.5, 0.6) is 0 Å². The van der Waals surface area contributed by atoms with E-state index in [4.69, 9.17) is 10.2 Å². The first-order valence-electron chi connectivity index (χ1n) is 6.60. The van der Waals surface area contributed by atoms with E-state index in [0.29, 0.717) is 6.54 Å². The van der Waals surface area contributed by atoms with Gasteiger partial charge in [-0.3, -0.25) is 0 Å². The van der Waals surface area contributed by atoms with Gasteiger partial charge in [-0.1, -0.05) is 44.2 Å². The van der Waals surface area contributed by atoms with Crippen molar-refractivity contribution in [2.24, 2.45) is 0 Å². The number of rotatable bonds is 8. The minimum atomic E-state index is 0.0475. The van der Waals surface area contributed by atoms with E-state index in [2.05, 4.69) is 43.0 Å². The van der Waals surface area contributed by atoms with Gasteiger partial charge in [-0.15, -0.1) is 0 Å². The molecule has 0 aromatic heterocycles. The Morgan fingerprint density at radius 1 is 1.00 bits per heavy atom. The summed E-state index contributed by atoms with van der Waals surface area (Å²) in [7, 11) is 0. The summed E-state index contributed by atoms with van der Waals surface area (Å²) in [4.78, 5) is 2.21. The first-order valence-corrected chi connectivity index (χ1v) is 6.60. The average Bonchev–Trinajstić information content (AvgIpc) is 2.37. The van der Waals surface area contributed by atoms with Crippen molar-refractivity contribution >= 4 is 0 Å². The highest BCUT2D eigenvalue weighted by Gasteiger charge is 2.23. The van der Waals surface area contributed by atoms with Gasteiger partial charge in [0.15, 0.2) is 0 Å². The van der Waals surface area contributed by atoms with Gasteiger partial charge in [0.25, 0.3) is 0 Å². The number of benzene rings is 1. The van der Waals surface area contributed by atoms with Gasteiger partial charge in [0.05, 0.1) is 6.61 Å². The fourth-order valence-corrected chi connectivity index (χ4v) is 2.25. The Morgan fingerprint density at radius 3 is 2.22 bits per heavy atom. The summed E-state index contributed by atoms with van der Waals surface area (Å²) in [5, 5.41) is 18.0. The van der Waals surface area contributed by atoms with Crippen LogP contribution in [0.2, 0.25) is 0 Å². The second kappa shape index (κ2) is 7.52. The Balaban J connectivity index is 2.66. The average molecular weight is 251 g/mol. The van der Waals surface area contributed by atoms with Crippen LogP contribution in [0.1, 0.15) is 25.8 Å². The van der Waals surface area contributed by atoms with E-state index in [9.17, 15) is 0 Å². The summed E-state index contributed by atoms with van der Waals surface area (Å²) >= 11 is 0. The van der Waals surface area contributed by atoms with Gasteiger partial charge in [0, 0.05) is 31.7 Å². The molecule has 0 aliphatic heterocycles. The molecule has 0 unspecified atom stereocenters. The monoisotopic (exact) mass is 251 g/mol. The zero-order valence-electron chi connectivity index (χ0n) is 11.5. The third-order valence-electron chi connectivity index (χ3n) is 3.22. The van der Waals surface area contributed by atoms with Crippen LogP contribution in [-0.2, 0) is 5.41 Å². The third kappa shape index (κ3) is 4.77. The first kappa shape index (κ1) is 15.2. The summed E-state index contributed by atoms with van der Waals surface area (Å²) in [5.41, 5.74) is 1.35. The molecule has 1 aromatic carbocycles. The number of aliphatic hydroxyl groups excluding tert-OH is 2. The maximum Gasteiger partial charge on any atom is 0.0558 e. The number of hydrogen-bond acceptors (Lipinski definition) is 3. The van der Waals surface area contributed by atoms with Crippen LogP contribution in [0.25, 0.3) is 0 Å². The van der Waals surface area contributed by atoms with Crippen molar-refractivity contribution in [2.45, 2.75) is 25.7 Å². The van der Waals surface area contributed by atoms with Crippen molar-refractivity contribution < 1.29 is 10.2 Å². The van der Waals surface area contributed by atoms with Crippen molar-refractivity contribution in [3.63, 3.8) is 0 Å². The van der Waals surface area contributed by atoms with E-state index >= 15 is 0 Å². The molecule has 1 aromatic rings. The highest BCUT2D eigenvalue weighted by Crippen LogP contribution is 2.24. The SMILES string of the molecule is CC(C)(CN(CCO)CCCO)c1ccccc1. The van der Waals surface area contributed by atoms with Gasteiger partial charge < -0.3 is 15.1 Å². The van der Waals surface area contributed by atoms with Crippen molar-refractivity contribution in [3.05, 3.63) is 35.9 Å². The molecule has 0 heterocycles. The first-order chi connectivity index (χ1) is 8.60. The Morgan fingerprint density at radius 2 is 1.67 bits per heavy atom. The number of aliphatic hydroxyl groups is 2. The lowest BCUT2D eigenvalue weighted by Gasteiger charge is -2.32. The van der Waals surface area contributed by atoms with E-state index in [1.807, 2.05) is 6.07 Å². The molecule has 0 saturated carbocycles. The van der Waals surface area contributed by atoms with Crippen molar-refractivity contribution in [1.82, 2.24) is 4.90 Å². The minimum Gasteiger partial charge on any atom is -0.396 e. The molecule has 0 saturated heterocycles. The van der Waals surface area contributed by atoms with E-state index in [0.717, 1.165) is 19.5 Å². The van der Waals surface area contributed by atoms with E-state index < -0.39 is 0 Å². The van der Waals surface area contributed by atoms with Gasteiger partial charge in [0.2, 0.25) is 0 Å². The zero-order valence-corrected chi connectivity index (χ0v) is 11.5. The van der Waals surface area contributed by atoms with Crippen LogP contribution in [0, 0.1) is 0 Å². The van der Waals surface area contributed by atoms with Crippen LogP contribution in [0.4, 0.5) is 0 Å². The smallest absolute Gasteiger partial charge is 0.0558 e. The Kier molecular flexibility index (Phi) is 6.33. The topological polar surface area (TPSA) is 43.7 Å². The largest absolute Gasteiger partial charge is 0.396 e. The lowest BCUT2D eigenvalue weighted by Crippen LogP contribution is -2.39. The lowest BCUT2D eigenvalue weighted by atomic mass is 9.84. The third-order valence-corrected chi connectivity index (χ3v) is 3.22. The maximum atomic E-state index is 9.10. The molecule has 0 bridgehead atoms. The normalized spacial score (nSPS) is 12.1. The molecule has 102 valence electrons.